The molecule has 108 valence electrons. The van der Waals surface area contributed by atoms with Gasteiger partial charge < -0.3 is 5.32 Å². The van der Waals surface area contributed by atoms with Crippen molar-refractivity contribution in [2.24, 2.45) is 0 Å². The van der Waals surface area contributed by atoms with E-state index in [1.807, 2.05) is 6.92 Å². The van der Waals surface area contributed by atoms with Crippen LogP contribution < -0.4 is 10.0 Å². The van der Waals surface area contributed by atoms with Crippen molar-refractivity contribution in [3.05, 3.63) is 35.3 Å². The van der Waals surface area contributed by atoms with E-state index in [-0.39, 0.29) is 5.03 Å². The largest absolute Gasteiger partial charge is 0.316 e. The first kappa shape index (κ1) is 14.5. The molecule has 0 spiro atoms. The summed E-state index contributed by atoms with van der Waals surface area (Å²) in [6, 6.07) is 1.74. The number of pyridine rings is 1. The average molecular weight is 295 g/mol. The molecule has 0 saturated heterocycles. The van der Waals surface area contributed by atoms with E-state index in [0.717, 1.165) is 11.3 Å². The van der Waals surface area contributed by atoms with Gasteiger partial charge in [-0.2, -0.15) is 13.5 Å². The zero-order valence-corrected chi connectivity index (χ0v) is 12.4. The molecule has 2 aromatic rings. The first-order chi connectivity index (χ1) is 9.45. The Hall–Kier alpha value is -1.93. The smallest absolute Gasteiger partial charge is 0.281 e. The molecule has 2 aromatic heterocycles. The average Bonchev–Trinajstić information content (AvgIpc) is 2.75. The lowest BCUT2D eigenvalue weighted by Gasteiger charge is -2.09. The van der Waals surface area contributed by atoms with Crippen LogP contribution in [-0.4, -0.2) is 30.6 Å². The summed E-state index contributed by atoms with van der Waals surface area (Å²) < 4.78 is 27.3. The van der Waals surface area contributed by atoms with Gasteiger partial charge in [-0.1, -0.05) is 0 Å². The summed E-state index contributed by atoms with van der Waals surface area (Å²) in [6.07, 6.45) is 3.09. The quantitative estimate of drug-likeness (QED) is 0.762. The zero-order chi connectivity index (χ0) is 14.8. The SMILES string of the molecule is CNCc1c(S(=O)(=O)Nc2cnccc2C)n[nH]c1C. The minimum absolute atomic E-state index is 0.00704. The molecule has 0 aliphatic rings. The topological polar surface area (TPSA) is 99.8 Å². The van der Waals surface area contributed by atoms with Gasteiger partial charge in [-0.15, -0.1) is 0 Å². The van der Waals surface area contributed by atoms with E-state index in [0.29, 0.717) is 17.8 Å². The van der Waals surface area contributed by atoms with Gasteiger partial charge in [0.05, 0.1) is 11.9 Å². The Balaban J connectivity index is 2.39. The number of nitrogens with zero attached hydrogens (tertiary/aromatic N) is 2. The lowest BCUT2D eigenvalue weighted by Crippen LogP contribution is -2.18. The Labute approximate surface area is 117 Å². The molecule has 0 atom stereocenters. The van der Waals surface area contributed by atoms with E-state index in [9.17, 15) is 8.42 Å². The molecule has 0 aromatic carbocycles. The summed E-state index contributed by atoms with van der Waals surface area (Å²) >= 11 is 0. The first-order valence-corrected chi connectivity index (χ1v) is 7.56. The van der Waals surface area contributed by atoms with E-state index in [1.165, 1.54) is 6.20 Å². The van der Waals surface area contributed by atoms with Crippen molar-refractivity contribution in [3.63, 3.8) is 0 Å². The number of aryl methyl sites for hydroxylation is 2. The van der Waals surface area contributed by atoms with Crippen molar-refractivity contribution in [3.8, 4) is 0 Å². The molecule has 0 aliphatic heterocycles. The number of aromatic amines is 1. The monoisotopic (exact) mass is 295 g/mol. The number of nitrogens with one attached hydrogen (secondary N) is 3. The minimum atomic E-state index is -3.74. The fraction of sp³-hybridized carbons (Fsp3) is 0.333. The third-order valence-corrected chi connectivity index (χ3v) is 4.26. The zero-order valence-electron chi connectivity index (χ0n) is 11.6. The van der Waals surface area contributed by atoms with Crippen molar-refractivity contribution in [2.75, 3.05) is 11.8 Å². The Morgan fingerprint density at radius 3 is 2.75 bits per heavy atom. The maximum atomic E-state index is 12.4. The van der Waals surface area contributed by atoms with Crippen molar-refractivity contribution in [2.45, 2.75) is 25.4 Å². The summed E-state index contributed by atoms with van der Waals surface area (Å²) in [6.45, 7) is 4.02. The van der Waals surface area contributed by atoms with Gasteiger partial charge in [0.15, 0.2) is 0 Å². The molecule has 20 heavy (non-hydrogen) atoms. The summed E-state index contributed by atoms with van der Waals surface area (Å²) in [5, 5.41) is 9.54. The van der Waals surface area contributed by atoms with Crippen LogP contribution in [-0.2, 0) is 16.6 Å². The van der Waals surface area contributed by atoms with E-state index < -0.39 is 10.0 Å². The van der Waals surface area contributed by atoms with E-state index in [1.54, 1.807) is 26.2 Å². The van der Waals surface area contributed by atoms with Crippen LogP contribution in [0.5, 0.6) is 0 Å². The van der Waals surface area contributed by atoms with Gasteiger partial charge in [-0.05, 0) is 32.5 Å². The van der Waals surface area contributed by atoms with Gasteiger partial charge in [-0.3, -0.25) is 14.8 Å². The first-order valence-electron chi connectivity index (χ1n) is 6.07. The highest BCUT2D eigenvalue weighted by molar-refractivity contribution is 7.92. The number of rotatable bonds is 5. The van der Waals surface area contributed by atoms with Gasteiger partial charge >= 0.3 is 0 Å². The molecule has 0 bridgehead atoms. The molecule has 7 nitrogen and oxygen atoms in total. The van der Waals surface area contributed by atoms with Crippen LogP contribution in [0.25, 0.3) is 0 Å². The normalized spacial score (nSPS) is 11.6. The highest BCUT2D eigenvalue weighted by atomic mass is 32.2. The van der Waals surface area contributed by atoms with E-state index in [4.69, 9.17) is 0 Å². The van der Waals surface area contributed by atoms with E-state index in [2.05, 4.69) is 25.2 Å². The van der Waals surface area contributed by atoms with Gasteiger partial charge in [0, 0.05) is 24.0 Å². The second-order valence-corrected chi connectivity index (χ2v) is 6.06. The third-order valence-electron chi connectivity index (χ3n) is 2.93. The van der Waals surface area contributed by atoms with Crippen LogP contribution in [0.15, 0.2) is 23.5 Å². The molecule has 0 unspecified atom stereocenters. The maximum absolute atomic E-state index is 12.4. The number of H-pyrrole nitrogens is 1. The molecule has 0 radical (unpaired) electrons. The summed E-state index contributed by atoms with van der Waals surface area (Å²) in [4.78, 5) is 3.92. The van der Waals surface area contributed by atoms with Crippen LogP contribution >= 0.6 is 0 Å². The van der Waals surface area contributed by atoms with Crippen LogP contribution in [0.1, 0.15) is 16.8 Å². The number of hydrogen-bond acceptors (Lipinski definition) is 5. The summed E-state index contributed by atoms with van der Waals surface area (Å²) in [5.74, 6) is 0. The van der Waals surface area contributed by atoms with Gasteiger partial charge in [0.1, 0.15) is 0 Å². The lowest BCUT2D eigenvalue weighted by molar-refractivity contribution is 0.595. The maximum Gasteiger partial charge on any atom is 0.281 e. The van der Waals surface area contributed by atoms with Crippen molar-refractivity contribution in [1.29, 1.82) is 0 Å². The Bertz CT molecular complexity index is 708. The minimum Gasteiger partial charge on any atom is -0.316 e. The fourth-order valence-electron chi connectivity index (χ4n) is 1.80. The second kappa shape index (κ2) is 5.59. The van der Waals surface area contributed by atoms with Crippen LogP contribution in [0.2, 0.25) is 0 Å². The van der Waals surface area contributed by atoms with Crippen molar-refractivity contribution in [1.82, 2.24) is 20.5 Å². The molecule has 2 rings (SSSR count). The molecule has 0 aliphatic carbocycles. The molecule has 8 heteroatoms. The molecule has 0 saturated carbocycles. The third kappa shape index (κ3) is 2.81. The predicted molar refractivity (Wildman–Crippen MR) is 75.9 cm³/mol. The molecule has 0 amide bonds. The van der Waals surface area contributed by atoms with Gasteiger partial charge in [0.2, 0.25) is 5.03 Å². The fourth-order valence-corrected chi connectivity index (χ4v) is 3.12. The molecule has 0 fully saturated rings. The number of aromatic nitrogens is 3. The van der Waals surface area contributed by atoms with E-state index >= 15 is 0 Å². The summed E-state index contributed by atoms with van der Waals surface area (Å²) in [7, 11) is -1.99. The highest BCUT2D eigenvalue weighted by Gasteiger charge is 2.24. The van der Waals surface area contributed by atoms with Gasteiger partial charge in [0.25, 0.3) is 10.0 Å². The lowest BCUT2D eigenvalue weighted by atomic mass is 10.3. The number of hydrogen-bond donors (Lipinski definition) is 3. The summed E-state index contributed by atoms with van der Waals surface area (Å²) in [5.41, 5.74) is 2.60. The highest BCUT2D eigenvalue weighted by Crippen LogP contribution is 2.21. The van der Waals surface area contributed by atoms with Crippen LogP contribution in [0, 0.1) is 13.8 Å². The van der Waals surface area contributed by atoms with Crippen molar-refractivity contribution >= 4 is 15.7 Å². The Kier molecular flexibility index (Phi) is 4.05. The standard InChI is InChI=1S/C12H17N5O2S/c1-8-4-5-14-7-11(8)17-20(18,19)12-10(6-13-3)9(2)15-16-12/h4-5,7,13,17H,6H2,1-3H3,(H,15,16). The second-order valence-electron chi connectivity index (χ2n) is 4.46. The van der Waals surface area contributed by atoms with Crippen LogP contribution in [0.4, 0.5) is 5.69 Å². The van der Waals surface area contributed by atoms with Crippen molar-refractivity contribution < 1.29 is 8.42 Å². The molecular formula is C12H17N5O2S. The van der Waals surface area contributed by atoms with Gasteiger partial charge in [-0.25, -0.2) is 0 Å². The Morgan fingerprint density at radius 2 is 2.10 bits per heavy atom. The number of sulfonamides is 1. The Morgan fingerprint density at radius 1 is 1.35 bits per heavy atom. The molecule has 3 N–H and O–H groups in total. The predicted octanol–water partition coefficient (Wildman–Crippen LogP) is 0.942. The molecule has 2 heterocycles. The number of anilines is 1. The van der Waals surface area contributed by atoms with Crippen LogP contribution in [0.3, 0.4) is 0 Å². The molecular weight excluding hydrogens is 278 g/mol.